The van der Waals surface area contributed by atoms with Gasteiger partial charge in [-0.3, -0.25) is 4.90 Å². The molecule has 1 aromatic heterocycles. The van der Waals surface area contributed by atoms with Crippen molar-refractivity contribution in [3.8, 4) is 6.07 Å². The zero-order valence-corrected chi connectivity index (χ0v) is 17.4. The maximum atomic E-state index is 12.2. The lowest BCUT2D eigenvalue weighted by atomic mass is 10.2. The molecular weight excluding hydrogens is 416 g/mol. The second-order valence-electron chi connectivity index (χ2n) is 7.20. The van der Waals surface area contributed by atoms with Crippen molar-refractivity contribution in [2.45, 2.75) is 32.4 Å². The third-order valence-corrected chi connectivity index (χ3v) is 5.62. The van der Waals surface area contributed by atoms with Crippen LogP contribution in [0.25, 0.3) is 10.2 Å². The molecule has 1 aromatic carbocycles. The standard InChI is InChI=1S/C18H21BrN4O2S/c1-18(2,3)25-17(24)23-8-6-22(7-9-23)14(11-20)16-21-13-5-4-12(19)10-15(13)26-16/h4-5,10,14H,6-9H2,1-3H3. The molecule has 8 heteroatoms. The zero-order valence-electron chi connectivity index (χ0n) is 15.0. The molecule has 0 saturated carbocycles. The highest BCUT2D eigenvalue weighted by molar-refractivity contribution is 9.10. The number of carbonyl (C=O) groups is 1. The van der Waals surface area contributed by atoms with Crippen LogP contribution >= 0.6 is 27.3 Å². The molecule has 0 bridgehead atoms. The van der Waals surface area contributed by atoms with Crippen molar-refractivity contribution in [1.29, 1.82) is 5.26 Å². The van der Waals surface area contributed by atoms with E-state index in [1.54, 1.807) is 16.2 Å². The summed E-state index contributed by atoms with van der Waals surface area (Å²) >= 11 is 5.01. The molecule has 2 aromatic rings. The summed E-state index contributed by atoms with van der Waals surface area (Å²) in [6.07, 6.45) is -0.296. The summed E-state index contributed by atoms with van der Waals surface area (Å²) in [5.41, 5.74) is 0.402. The van der Waals surface area contributed by atoms with Gasteiger partial charge in [-0.2, -0.15) is 5.26 Å². The molecule has 0 N–H and O–H groups in total. The van der Waals surface area contributed by atoms with Gasteiger partial charge in [-0.05, 0) is 39.0 Å². The van der Waals surface area contributed by atoms with Crippen molar-refractivity contribution >= 4 is 43.6 Å². The summed E-state index contributed by atoms with van der Waals surface area (Å²) < 4.78 is 7.48. The van der Waals surface area contributed by atoms with Gasteiger partial charge in [0, 0.05) is 30.7 Å². The molecule has 1 unspecified atom stereocenters. The van der Waals surface area contributed by atoms with Crippen LogP contribution < -0.4 is 0 Å². The van der Waals surface area contributed by atoms with E-state index in [9.17, 15) is 10.1 Å². The van der Waals surface area contributed by atoms with Crippen LogP contribution in [0.3, 0.4) is 0 Å². The Bertz CT molecular complexity index is 847. The molecule has 1 saturated heterocycles. The molecule has 3 rings (SSSR count). The number of amides is 1. The van der Waals surface area contributed by atoms with Gasteiger partial charge in [-0.25, -0.2) is 9.78 Å². The summed E-state index contributed by atoms with van der Waals surface area (Å²) in [5, 5.41) is 10.5. The van der Waals surface area contributed by atoms with Gasteiger partial charge in [0.2, 0.25) is 0 Å². The number of thiazole rings is 1. The van der Waals surface area contributed by atoms with Crippen LogP contribution in [0.5, 0.6) is 0 Å². The zero-order chi connectivity index (χ0) is 18.9. The van der Waals surface area contributed by atoms with Crippen molar-refractivity contribution < 1.29 is 9.53 Å². The summed E-state index contributed by atoms with van der Waals surface area (Å²) in [7, 11) is 0. The fourth-order valence-electron chi connectivity index (χ4n) is 2.82. The summed E-state index contributed by atoms with van der Waals surface area (Å²) in [6, 6.07) is 7.90. The minimum atomic E-state index is -0.501. The van der Waals surface area contributed by atoms with Crippen molar-refractivity contribution in [1.82, 2.24) is 14.8 Å². The Morgan fingerprint density at radius 3 is 2.65 bits per heavy atom. The first-order chi connectivity index (χ1) is 12.3. The predicted octanol–water partition coefficient (Wildman–Crippen LogP) is 4.18. The van der Waals surface area contributed by atoms with E-state index in [0.29, 0.717) is 26.2 Å². The third-order valence-electron chi connectivity index (χ3n) is 4.05. The lowest BCUT2D eigenvalue weighted by molar-refractivity contribution is 0.0125. The second-order valence-corrected chi connectivity index (χ2v) is 9.18. The van der Waals surface area contributed by atoms with Crippen molar-refractivity contribution in [2.75, 3.05) is 26.2 Å². The fraction of sp³-hybridized carbons (Fsp3) is 0.500. The first-order valence-corrected chi connectivity index (χ1v) is 10.1. The molecule has 1 atom stereocenters. The van der Waals surface area contributed by atoms with E-state index in [1.165, 1.54) is 0 Å². The second kappa shape index (κ2) is 7.51. The Hall–Kier alpha value is -1.69. The number of halogens is 1. The Morgan fingerprint density at radius 1 is 1.35 bits per heavy atom. The minimum Gasteiger partial charge on any atom is -0.444 e. The average molecular weight is 437 g/mol. The highest BCUT2D eigenvalue weighted by Crippen LogP contribution is 2.31. The number of aromatic nitrogens is 1. The largest absolute Gasteiger partial charge is 0.444 e. The number of nitrogens with zero attached hydrogens (tertiary/aromatic N) is 4. The van der Waals surface area contributed by atoms with Crippen molar-refractivity contribution in [2.24, 2.45) is 0 Å². The molecule has 138 valence electrons. The Kier molecular flexibility index (Phi) is 5.51. The Balaban J connectivity index is 1.68. The van der Waals surface area contributed by atoms with Gasteiger partial charge in [0.25, 0.3) is 0 Å². The summed E-state index contributed by atoms with van der Waals surface area (Å²) in [6.45, 7) is 7.91. The lowest BCUT2D eigenvalue weighted by Gasteiger charge is -2.36. The van der Waals surface area contributed by atoms with Crippen LogP contribution in [-0.2, 0) is 4.74 Å². The number of nitriles is 1. The smallest absolute Gasteiger partial charge is 0.410 e. The third kappa shape index (κ3) is 4.34. The minimum absolute atomic E-state index is 0.296. The van der Waals surface area contributed by atoms with E-state index in [1.807, 2.05) is 39.0 Å². The number of benzene rings is 1. The topological polar surface area (TPSA) is 69.5 Å². The van der Waals surface area contributed by atoms with Gasteiger partial charge >= 0.3 is 6.09 Å². The normalized spacial score (nSPS) is 17.1. The highest BCUT2D eigenvalue weighted by Gasteiger charge is 2.30. The number of ether oxygens (including phenoxy) is 1. The molecule has 2 heterocycles. The maximum absolute atomic E-state index is 12.2. The van der Waals surface area contributed by atoms with Gasteiger partial charge in [0.15, 0.2) is 6.04 Å². The van der Waals surface area contributed by atoms with Gasteiger partial charge in [0.05, 0.1) is 16.3 Å². The molecule has 0 spiro atoms. The van der Waals surface area contributed by atoms with Crippen LogP contribution in [0, 0.1) is 11.3 Å². The maximum Gasteiger partial charge on any atom is 0.410 e. The predicted molar refractivity (Wildman–Crippen MR) is 105 cm³/mol. The number of hydrogen-bond acceptors (Lipinski definition) is 6. The van der Waals surface area contributed by atoms with Crippen LogP contribution in [0.2, 0.25) is 0 Å². The molecule has 1 aliphatic heterocycles. The quantitative estimate of drug-likeness (QED) is 0.705. The SMILES string of the molecule is CC(C)(C)OC(=O)N1CCN(C(C#N)c2nc3ccc(Br)cc3s2)CC1. The van der Waals surface area contributed by atoms with E-state index < -0.39 is 11.6 Å². The molecule has 1 aliphatic rings. The molecule has 6 nitrogen and oxygen atoms in total. The number of piperazine rings is 1. The number of hydrogen-bond donors (Lipinski definition) is 0. The van der Waals surface area contributed by atoms with Crippen LogP contribution in [0.15, 0.2) is 22.7 Å². The Labute approximate surface area is 165 Å². The van der Waals surface area contributed by atoms with Crippen LogP contribution in [0.4, 0.5) is 4.79 Å². The number of rotatable bonds is 2. The van der Waals surface area contributed by atoms with Crippen molar-refractivity contribution in [3.05, 3.63) is 27.7 Å². The lowest BCUT2D eigenvalue weighted by Crippen LogP contribution is -2.50. The monoisotopic (exact) mass is 436 g/mol. The van der Waals surface area contributed by atoms with E-state index in [-0.39, 0.29) is 6.09 Å². The molecule has 1 fully saturated rings. The van der Waals surface area contributed by atoms with Gasteiger partial charge in [0.1, 0.15) is 10.6 Å². The first-order valence-electron chi connectivity index (χ1n) is 8.44. The molecule has 1 amide bonds. The van der Waals surface area contributed by atoms with E-state index >= 15 is 0 Å². The van der Waals surface area contributed by atoms with Crippen LogP contribution in [-0.4, -0.2) is 52.7 Å². The number of carbonyl (C=O) groups excluding carboxylic acids is 1. The highest BCUT2D eigenvalue weighted by atomic mass is 79.9. The van der Waals surface area contributed by atoms with Crippen LogP contribution in [0.1, 0.15) is 31.8 Å². The van der Waals surface area contributed by atoms with E-state index in [4.69, 9.17) is 4.74 Å². The van der Waals surface area contributed by atoms with Gasteiger partial charge < -0.3 is 9.64 Å². The van der Waals surface area contributed by atoms with Gasteiger partial charge in [-0.15, -0.1) is 11.3 Å². The Morgan fingerprint density at radius 2 is 2.04 bits per heavy atom. The summed E-state index contributed by atoms with van der Waals surface area (Å²) in [5.74, 6) is 0. The van der Waals surface area contributed by atoms with E-state index in [2.05, 4.69) is 31.9 Å². The first kappa shape index (κ1) is 19.1. The van der Waals surface area contributed by atoms with Crippen molar-refractivity contribution in [3.63, 3.8) is 0 Å². The van der Waals surface area contributed by atoms with E-state index in [0.717, 1.165) is 19.7 Å². The molecule has 0 aliphatic carbocycles. The number of fused-ring (bicyclic) bond motifs is 1. The van der Waals surface area contributed by atoms with Gasteiger partial charge in [-0.1, -0.05) is 15.9 Å². The average Bonchev–Trinajstić information content (AvgIpc) is 2.97. The molecule has 26 heavy (non-hydrogen) atoms. The molecule has 0 radical (unpaired) electrons. The molecular formula is C18H21BrN4O2S. The summed E-state index contributed by atoms with van der Waals surface area (Å²) in [4.78, 5) is 20.6. The fourth-order valence-corrected chi connectivity index (χ4v) is 4.41.